The standard InChI is InChI=1S/C22H25FN4O/c1-13-7-14(2)9-15(8-13)16-10-18-20(26-19-5-4-6-22(19,3)23)17(21(24)28)11-25-27(18)12-16/h7-12,19,26H,4-6H2,1-3H3,(H2,24,28). The minimum Gasteiger partial charge on any atom is -0.377 e. The summed E-state index contributed by atoms with van der Waals surface area (Å²) in [5.41, 5.74) is 10.2. The van der Waals surface area contributed by atoms with Crippen molar-refractivity contribution >= 4 is 17.1 Å². The fourth-order valence-electron chi connectivity index (χ4n) is 4.22. The number of fused-ring (bicyclic) bond motifs is 1. The van der Waals surface area contributed by atoms with Crippen molar-refractivity contribution in [3.63, 3.8) is 0 Å². The van der Waals surface area contributed by atoms with Gasteiger partial charge in [0.25, 0.3) is 5.91 Å². The Kier molecular flexibility index (Phi) is 4.37. The normalized spacial score (nSPS) is 21.9. The third-order valence-electron chi connectivity index (χ3n) is 5.66. The van der Waals surface area contributed by atoms with Gasteiger partial charge in [0, 0.05) is 11.8 Å². The van der Waals surface area contributed by atoms with Gasteiger partial charge < -0.3 is 11.1 Å². The van der Waals surface area contributed by atoms with Crippen LogP contribution in [0.3, 0.4) is 0 Å². The molecular formula is C22H25FN4O. The minimum absolute atomic E-state index is 0.278. The number of hydrogen-bond donors (Lipinski definition) is 2. The first-order valence-electron chi connectivity index (χ1n) is 9.60. The number of halogens is 1. The Balaban J connectivity index is 1.85. The molecule has 1 fully saturated rings. The highest BCUT2D eigenvalue weighted by atomic mass is 19.1. The molecule has 28 heavy (non-hydrogen) atoms. The van der Waals surface area contributed by atoms with Gasteiger partial charge in [-0.15, -0.1) is 0 Å². The maximum Gasteiger partial charge on any atom is 0.252 e. The van der Waals surface area contributed by atoms with Crippen molar-refractivity contribution in [3.05, 3.63) is 53.3 Å². The lowest BCUT2D eigenvalue weighted by Gasteiger charge is -2.26. The summed E-state index contributed by atoms with van der Waals surface area (Å²) in [7, 11) is 0. The van der Waals surface area contributed by atoms with Crippen molar-refractivity contribution < 1.29 is 9.18 Å². The van der Waals surface area contributed by atoms with Crippen molar-refractivity contribution in [1.82, 2.24) is 9.61 Å². The number of alkyl halides is 1. The van der Waals surface area contributed by atoms with Crippen LogP contribution in [0.15, 0.2) is 36.7 Å². The van der Waals surface area contributed by atoms with Gasteiger partial charge in [-0.25, -0.2) is 8.91 Å². The number of benzene rings is 1. The number of hydrogen-bond acceptors (Lipinski definition) is 3. The number of carbonyl (C=O) groups is 1. The maximum absolute atomic E-state index is 14.9. The van der Waals surface area contributed by atoms with Crippen molar-refractivity contribution in [2.24, 2.45) is 5.73 Å². The third-order valence-corrected chi connectivity index (χ3v) is 5.66. The van der Waals surface area contributed by atoms with Gasteiger partial charge >= 0.3 is 0 Å². The number of carbonyl (C=O) groups excluding carboxylic acids is 1. The van der Waals surface area contributed by atoms with Crippen molar-refractivity contribution in [2.75, 3.05) is 5.32 Å². The van der Waals surface area contributed by atoms with Gasteiger partial charge in [-0.05, 0) is 51.7 Å². The zero-order chi connectivity index (χ0) is 20.1. The molecule has 2 aromatic heterocycles. The minimum atomic E-state index is -1.32. The quantitative estimate of drug-likeness (QED) is 0.704. The van der Waals surface area contributed by atoms with E-state index in [9.17, 15) is 9.18 Å². The van der Waals surface area contributed by atoms with Crippen LogP contribution in [0.1, 0.15) is 47.7 Å². The highest BCUT2D eigenvalue weighted by Crippen LogP contribution is 2.37. The van der Waals surface area contributed by atoms with E-state index in [1.54, 1.807) is 11.4 Å². The summed E-state index contributed by atoms with van der Waals surface area (Å²) in [6.45, 7) is 5.73. The van der Waals surface area contributed by atoms with E-state index < -0.39 is 11.6 Å². The summed E-state index contributed by atoms with van der Waals surface area (Å²) in [5.74, 6) is -0.579. The molecular weight excluding hydrogens is 355 g/mol. The molecule has 0 aliphatic heterocycles. The lowest BCUT2D eigenvalue weighted by atomic mass is 10.0. The van der Waals surface area contributed by atoms with Gasteiger partial charge in [0.05, 0.1) is 29.0 Å². The molecule has 4 rings (SSSR count). The van der Waals surface area contributed by atoms with Crippen molar-refractivity contribution in [1.29, 1.82) is 0 Å². The van der Waals surface area contributed by atoms with Crippen LogP contribution < -0.4 is 11.1 Å². The second-order valence-corrected chi connectivity index (χ2v) is 8.10. The number of aryl methyl sites for hydroxylation is 2. The Morgan fingerprint density at radius 1 is 1.25 bits per heavy atom. The molecule has 0 saturated heterocycles. The lowest BCUT2D eigenvalue weighted by molar-refractivity contribution is 0.1000. The predicted molar refractivity (Wildman–Crippen MR) is 109 cm³/mol. The Bertz CT molecular complexity index is 1050. The molecule has 1 saturated carbocycles. The zero-order valence-electron chi connectivity index (χ0n) is 16.4. The molecule has 6 heteroatoms. The smallest absolute Gasteiger partial charge is 0.252 e. The van der Waals surface area contributed by atoms with Crippen LogP contribution in [0.4, 0.5) is 10.1 Å². The monoisotopic (exact) mass is 380 g/mol. The summed E-state index contributed by atoms with van der Waals surface area (Å²) < 4.78 is 16.6. The highest BCUT2D eigenvalue weighted by Gasteiger charge is 2.39. The Hall–Kier alpha value is -2.89. The number of nitrogens with two attached hydrogens (primary N) is 1. The third kappa shape index (κ3) is 3.23. The van der Waals surface area contributed by atoms with E-state index in [0.29, 0.717) is 24.0 Å². The highest BCUT2D eigenvalue weighted by molar-refractivity contribution is 6.02. The summed E-state index contributed by atoms with van der Waals surface area (Å²) in [5, 5.41) is 7.62. The average Bonchev–Trinajstić information content (AvgIpc) is 3.17. The topological polar surface area (TPSA) is 72.4 Å². The van der Waals surface area contributed by atoms with Gasteiger partial charge in [0.1, 0.15) is 5.67 Å². The Morgan fingerprint density at radius 3 is 2.57 bits per heavy atom. The van der Waals surface area contributed by atoms with Gasteiger partial charge in [-0.2, -0.15) is 5.10 Å². The number of primary amides is 1. The van der Waals surface area contributed by atoms with E-state index in [-0.39, 0.29) is 11.6 Å². The maximum atomic E-state index is 14.9. The van der Waals surface area contributed by atoms with E-state index in [4.69, 9.17) is 5.73 Å². The second-order valence-electron chi connectivity index (χ2n) is 8.10. The molecule has 0 spiro atoms. The van der Waals surface area contributed by atoms with Crippen LogP contribution in [0, 0.1) is 13.8 Å². The first-order chi connectivity index (χ1) is 13.2. The molecule has 0 radical (unpaired) electrons. The molecule has 2 atom stereocenters. The number of nitrogens with zero attached hydrogens (tertiary/aromatic N) is 2. The SMILES string of the molecule is Cc1cc(C)cc(-c2cc3c(NC4CCCC4(C)F)c(C(N)=O)cnn3c2)c1. The van der Waals surface area contributed by atoms with E-state index >= 15 is 0 Å². The number of aromatic nitrogens is 2. The van der Waals surface area contributed by atoms with Gasteiger partial charge in [-0.1, -0.05) is 29.3 Å². The average molecular weight is 380 g/mol. The molecule has 3 aromatic rings. The number of rotatable bonds is 4. The molecule has 1 amide bonds. The van der Waals surface area contributed by atoms with Gasteiger partial charge in [0.2, 0.25) is 0 Å². The summed E-state index contributed by atoms with van der Waals surface area (Å²) in [4.78, 5) is 12.0. The molecule has 2 unspecified atom stereocenters. The van der Waals surface area contributed by atoms with Gasteiger partial charge in [-0.3, -0.25) is 4.79 Å². The van der Waals surface area contributed by atoms with Crippen LogP contribution in [0.5, 0.6) is 0 Å². The lowest BCUT2D eigenvalue weighted by Crippen LogP contribution is -2.36. The van der Waals surface area contributed by atoms with Crippen LogP contribution in [-0.2, 0) is 0 Å². The molecule has 146 valence electrons. The predicted octanol–water partition coefficient (Wildman–Crippen LogP) is 4.41. The fourth-order valence-corrected chi connectivity index (χ4v) is 4.22. The Morgan fingerprint density at radius 2 is 1.96 bits per heavy atom. The first-order valence-corrected chi connectivity index (χ1v) is 9.60. The molecule has 3 N–H and O–H groups in total. The van der Waals surface area contributed by atoms with E-state index in [0.717, 1.165) is 17.5 Å². The summed E-state index contributed by atoms with van der Waals surface area (Å²) >= 11 is 0. The van der Waals surface area contributed by atoms with Crippen LogP contribution in [0.25, 0.3) is 16.6 Å². The second kappa shape index (κ2) is 6.62. The van der Waals surface area contributed by atoms with Crippen molar-refractivity contribution in [3.8, 4) is 11.1 Å². The van der Waals surface area contributed by atoms with E-state index in [1.807, 2.05) is 12.3 Å². The van der Waals surface area contributed by atoms with E-state index in [2.05, 4.69) is 42.5 Å². The Labute approximate surface area is 163 Å². The fraction of sp³-hybridized carbons (Fsp3) is 0.364. The van der Waals surface area contributed by atoms with Crippen LogP contribution in [0.2, 0.25) is 0 Å². The molecule has 5 nitrogen and oxygen atoms in total. The summed E-state index contributed by atoms with van der Waals surface area (Å²) in [6.07, 6.45) is 5.40. The number of amides is 1. The van der Waals surface area contributed by atoms with Crippen LogP contribution >= 0.6 is 0 Å². The molecule has 2 heterocycles. The van der Waals surface area contributed by atoms with Crippen LogP contribution in [-0.4, -0.2) is 27.2 Å². The van der Waals surface area contributed by atoms with Gasteiger partial charge in [0.15, 0.2) is 0 Å². The number of anilines is 1. The summed E-state index contributed by atoms with van der Waals surface area (Å²) in [6, 6.07) is 7.95. The zero-order valence-corrected chi connectivity index (χ0v) is 16.4. The largest absolute Gasteiger partial charge is 0.377 e. The molecule has 1 aromatic carbocycles. The first kappa shape index (κ1) is 18.5. The number of nitrogens with one attached hydrogen (secondary N) is 1. The molecule has 1 aliphatic rings. The molecule has 1 aliphatic carbocycles. The van der Waals surface area contributed by atoms with E-state index in [1.165, 1.54) is 17.3 Å². The van der Waals surface area contributed by atoms with Crippen molar-refractivity contribution in [2.45, 2.75) is 51.7 Å². The molecule has 0 bridgehead atoms.